The van der Waals surface area contributed by atoms with Gasteiger partial charge < -0.3 is 10.1 Å². The SMILES string of the molecule is CC(C)COC(=O)C(=O)c1csc(NC(=O)Nc2ccccc2)n1. The number of nitrogens with zero attached hydrogens (tertiary/aromatic N) is 1. The van der Waals surface area contributed by atoms with Crippen LogP contribution in [0.4, 0.5) is 15.6 Å². The zero-order chi connectivity index (χ0) is 17.5. The minimum atomic E-state index is -0.950. The first kappa shape index (κ1) is 17.6. The first-order valence-electron chi connectivity index (χ1n) is 7.25. The van der Waals surface area contributed by atoms with E-state index in [0.29, 0.717) is 5.69 Å². The molecular weight excluding hydrogens is 330 g/mol. The lowest BCUT2D eigenvalue weighted by Crippen LogP contribution is -2.21. The Labute approximate surface area is 143 Å². The van der Waals surface area contributed by atoms with E-state index < -0.39 is 17.8 Å². The van der Waals surface area contributed by atoms with Crippen LogP contribution in [0.2, 0.25) is 0 Å². The highest BCUT2D eigenvalue weighted by Gasteiger charge is 2.21. The number of thiazole rings is 1. The normalized spacial score (nSPS) is 10.3. The van der Waals surface area contributed by atoms with E-state index in [1.165, 1.54) is 5.38 Å². The largest absolute Gasteiger partial charge is 0.459 e. The van der Waals surface area contributed by atoms with Crippen molar-refractivity contribution in [3.63, 3.8) is 0 Å². The van der Waals surface area contributed by atoms with Gasteiger partial charge in [-0.2, -0.15) is 0 Å². The van der Waals surface area contributed by atoms with Gasteiger partial charge in [0.25, 0.3) is 5.78 Å². The molecule has 0 atom stereocenters. The van der Waals surface area contributed by atoms with Gasteiger partial charge in [-0.1, -0.05) is 32.0 Å². The second-order valence-electron chi connectivity index (χ2n) is 5.30. The molecule has 0 aliphatic heterocycles. The molecule has 8 heteroatoms. The molecule has 0 spiro atoms. The predicted molar refractivity (Wildman–Crippen MR) is 91.3 cm³/mol. The smallest absolute Gasteiger partial charge is 0.381 e. The maximum atomic E-state index is 11.9. The van der Waals surface area contributed by atoms with Crippen LogP contribution in [-0.2, 0) is 9.53 Å². The zero-order valence-electron chi connectivity index (χ0n) is 13.2. The monoisotopic (exact) mass is 347 g/mol. The van der Waals surface area contributed by atoms with Crippen LogP contribution in [0.5, 0.6) is 0 Å². The van der Waals surface area contributed by atoms with E-state index in [-0.39, 0.29) is 23.4 Å². The van der Waals surface area contributed by atoms with E-state index in [1.54, 1.807) is 24.3 Å². The number of ketones is 1. The summed E-state index contributed by atoms with van der Waals surface area (Å²) in [5.41, 5.74) is 0.573. The Hall–Kier alpha value is -2.74. The molecule has 0 saturated heterocycles. The molecule has 126 valence electrons. The van der Waals surface area contributed by atoms with Gasteiger partial charge in [-0.05, 0) is 18.1 Å². The number of hydrogen-bond acceptors (Lipinski definition) is 6. The van der Waals surface area contributed by atoms with E-state index in [2.05, 4.69) is 15.6 Å². The van der Waals surface area contributed by atoms with Crippen LogP contribution < -0.4 is 10.6 Å². The molecule has 2 N–H and O–H groups in total. The van der Waals surface area contributed by atoms with Gasteiger partial charge in [0.2, 0.25) is 0 Å². The van der Waals surface area contributed by atoms with Gasteiger partial charge in [0, 0.05) is 11.1 Å². The third-order valence-electron chi connectivity index (χ3n) is 2.72. The van der Waals surface area contributed by atoms with Crippen molar-refractivity contribution in [1.29, 1.82) is 0 Å². The summed E-state index contributed by atoms with van der Waals surface area (Å²) in [7, 11) is 0. The van der Waals surface area contributed by atoms with Crippen molar-refractivity contribution in [3.8, 4) is 0 Å². The minimum Gasteiger partial charge on any atom is -0.459 e. The highest BCUT2D eigenvalue weighted by molar-refractivity contribution is 7.14. The van der Waals surface area contributed by atoms with E-state index in [4.69, 9.17) is 4.74 Å². The lowest BCUT2D eigenvalue weighted by Gasteiger charge is -2.05. The summed E-state index contributed by atoms with van der Waals surface area (Å²) in [6.45, 7) is 3.90. The number of aromatic nitrogens is 1. The van der Waals surface area contributed by atoms with Crippen LogP contribution >= 0.6 is 11.3 Å². The van der Waals surface area contributed by atoms with Crippen LogP contribution in [0.25, 0.3) is 0 Å². The van der Waals surface area contributed by atoms with Gasteiger partial charge in [-0.3, -0.25) is 10.1 Å². The van der Waals surface area contributed by atoms with Gasteiger partial charge in [0.15, 0.2) is 5.13 Å². The molecular formula is C16H17N3O4S. The molecule has 1 aromatic heterocycles. The van der Waals surface area contributed by atoms with Crippen molar-refractivity contribution in [1.82, 2.24) is 4.98 Å². The first-order valence-corrected chi connectivity index (χ1v) is 8.13. The van der Waals surface area contributed by atoms with E-state index in [9.17, 15) is 14.4 Å². The summed E-state index contributed by atoms with van der Waals surface area (Å²) in [4.78, 5) is 39.3. The fourth-order valence-corrected chi connectivity index (χ4v) is 2.31. The van der Waals surface area contributed by atoms with E-state index >= 15 is 0 Å². The van der Waals surface area contributed by atoms with Crippen LogP contribution in [0, 0.1) is 5.92 Å². The number of hydrogen-bond donors (Lipinski definition) is 2. The number of para-hydroxylation sites is 1. The molecule has 0 aliphatic carbocycles. The minimum absolute atomic E-state index is 0.0521. The van der Waals surface area contributed by atoms with Gasteiger partial charge in [0.1, 0.15) is 5.69 Å². The summed E-state index contributed by atoms with van der Waals surface area (Å²) in [5, 5.41) is 6.74. The zero-order valence-corrected chi connectivity index (χ0v) is 14.1. The van der Waals surface area contributed by atoms with E-state index in [0.717, 1.165) is 11.3 Å². The molecule has 2 aromatic rings. The van der Waals surface area contributed by atoms with Gasteiger partial charge in [0.05, 0.1) is 6.61 Å². The topological polar surface area (TPSA) is 97.4 Å². The third kappa shape index (κ3) is 5.17. The third-order valence-corrected chi connectivity index (χ3v) is 3.48. The number of carbonyl (C=O) groups is 3. The van der Waals surface area contributed by atoms with Crippen molar-refractivity contribution in [2.45, 2.75) is 13.8 Å². The predicted octanol–water partition coefficient (Wildman–Crippen LogP) is 3.17. The summed E-state index contributed by atoms with van der Waals surface area (Å²) in [6, 6.07) is 8.40. The van der Waals surface area contributed by atoms with Crippen molar-refractivity contribution >= 4 is 39.9 Å². The molecule has 1 heterocycles. The number of rotatable bonds is 6. The number of nitrogens with one attached hydrogen (secondary N) is 2. The molecule has 0 aliphatic rings. The average molecular weight is 347 g/mol. The fourth-order valence-electron chi connectivity index (χ4n) is 1.63. The summed E-state index contributed by atoms with van der Waals surface area (Å²) >= 11 is 1.05. The summed E-state index contributed by atoms with van der Waals surface area (Å²) < 4.78 is 4.87. The molecule has 0 bridgehead atoms. The maximum Gasteiger partial charge on any atom is 0.381 e. The van der Waals surface area contributed by atoms with Gasteiger partial charge in [-0.25, -0.2) is 14.6 Å². The van der Waals surface area contributed by atoms with Crippen molar-refractivity contribution in [2.75, 3.05) is 17.2 Å². The molecule has 0 unspecified atom stereocenters. The van der Waals surface area contributed by atoms with Crippen LogP contribution in [0.3, 0.4) is 0 Å². The fraction of sp³-hybridized carbons (Fsp3) is 0.250. The Morgan fingerprint density at radius 1 is 1.17 bits per heavy atom. The lowest BCUT2D eigenvalue weighted by molar-refractivity contribution is -0.139. The van der Waals surface area contributed by atoms with Gasteiger partial charge in [-0.15, -0.1) is 11.3 Å². The molecule has 2 amide bonds. The quantitative estimate of drug-likeness (QED) is 0.475. The molecule has 2 rings (SSSR count). The number of Topliss-reactive ketones (excluding diaryl/α,β-unsaturated/α-hetero) is 1. The standard InChI is InChI=1S/C16H17N3O4S/c1-10(2)8-23-14(21)13(20)12-9-24-16(18-12)19-15(22)17-11-6-4-3-5-7-11/h3-7,9-10H,8H2,1-2H3,(H2,17,18,19,22). The first-order chi connectivity index (χ1) is 11.5. The van der Waals surface area contributed by atoms with Crippen LogP contribution in [-0.4, -0.2) is 29.4 Å². The van der Waals surface area contributed by atoms with Crippen LogP contribution in [0.1, 0.15) is 24.3 Å². The second-order valence-corrected chi connectivity index (χ2v) is 6.16. The Balaban J connectivity index is 1.91. The number of benzene rings is 1. The van der Waals surface area contributed by atoms with Crippen LogP contribution in [0.15, 0.2) is 35.7 Å². The van der Waals surface area contributed by atoms with Crippen molar-refractivity contribution in [2.24, 2.45) is 5.92 Å². The summed E-state index contributed by atoms with van der Waals surface area (Å²) in [5.74, 6) is -1.64. The lowest BCUT2D eigenvalue weighted by atomic mass is 10.2. The molecule has 1 aromatic carbocycles. The number of amides is 2. The van der Waals surface area contributed by atoms with Gasteiger partial charge >= 0.3 is 12.0 Å². The molecule has 0 radical (unpaired) electrons. The number of ether oxygens (including phenoxy) is 1. The Morgan fingerprint density at radius 2 is 1.88 bits per heavy atom. The Bertz CT molecular complexity index is 728. The Morgan fingerprint density at radius 3 is 2.54 bits per heavy atom. The highest BCUT2D eigenvalue weighted by atomic mass is 32.1. The number of anilines is 2. The Kier molecular flexibility index (Phi) is 6.02. The summed E-state index contributed by atoms with van der Waals surface area (Å²) in [6.07, 6.45) is 0. The average Bonchev–Trinajstić information content (AvgIpc) is 3.01. The molecule has 7 nitrogen and oxygen atoms in total. The maximum absolute atomic E-state index is 11.9. The van der Waals surface area contributed by atoms with Crippen molar-refractivity contribution < 1.29 is 19.1 Å². The molecule has 0 fully saturated rings. The van der Waals surface area contributed by atoms with E-state index in [1.807, 2.05) is 19.9 Å². The highest BCUT2D eigenvalue weighted by Crippen LogP contribution is 2.17. The molecule has 0 saturated carbocycles. The number of carbonyl (C=O) groups excluding carboxylic acids is 3. The molecule has 24 heavy (non-hydrogen) atoms. The van der Waals surface area contributed by atoms with Crippen molar-refractivity contribution in [3.05, 3.63) is 41.4 Å². The number of esters is 1. The number of urea groups is 1. The second kappa shape index (κ2) is 8.21.